The van der Waals surface area contributed by atoms with E-state index in [0.717, 1.165) is 24.3 Å². The zero-order chi connectivity index (χ0) is 11.3. The molecule has 0 saturated carbocycles. The van der Waals surface area contributed by atoms with Gasteiger partial charge in [0.1, 0.15) is 17.6 Å². The molecule has 0 spiro atoms. The van der Waals surface area contributed by atoms with Crippen molar-refractivity contribution < 1.29 is 14.3 Å². The van der Waals surface area contributed by atoms with Gasteiger partial charge in [0.15, 0.2) is 0 Å². The van der Waals surface area contributed by atoms with E-state index in [0.29, 0.717) is 11.5 Å². The molecule has 1 heterocycles. The number of hydrogen-bond acceptors (Lipinski definition) is 3. The fourth-order valence-electron chi connectivity index (χ4n) is 1.56. The molecule has 0 unspecified atom stereocenters. The summed E-state index contributed by atoms with van der Waals surface area (Å²) in [6.07, 6.45) is 3.43. The summed E-state index contributed by atoms with van der Waals surface area (Å²) in [6.45, 7) is 5.26. The number of ether oxygens (including phenoxy) is 1. The van der Waals surface area contributed by atoms with E-state index in [2.05, 4.69) is 6.58 Å². The molecule has 0 aromatic carbocycles. The molecule has 1 rings (SSSR count). The van der Waals surface area contributed by atoms with Crippen molar-refractivity contribution >= 4 is 22.0 Å². The van der Waals surface area contributed by atoms with E-state index in [9.17, 15) is 9.59 Å². The maximum atomic E-state index is 11.4. The predicted octanol–water partition coefficient (Wildman–Crippen LogP) is 1.43. The van der Waals surface area contributed by atoms with Gasteiger partial charge in [-0.25, -0.2) is 9.59 Å². The van der Waals surface area contributed by atoms with Crippen molar-refractivity contribution in [1.29, 1.82) is 0 Å². The summed E-state index contributed by atoms with van der Waals surface area (Å²) in [7, 11) is -0.0829. The topological polar surface area (TPSA) is 43.4 Å². The average Bonchev–Trinajstić information content (AvgIpc) is 2.29. The van der Waals surface area contributed by atoms with E-state index in [1.807, 2.05) is 6.92 Å². The van der Waals surface area contributed by atoms with Gasteiger partial charge in [-0.2, -0.15) is 0 Å². The maximum Gasteiger partial charge on any atom is 0.330 e. The molecule has 4 heteroatoms. The Balaban J connectivity index is 2.32. The van der Waals surface area contributed by atoms with Gasteiger partial charge in [0.05, 0.1) is 17.3 Å². The van der Waals surface area contributed by atoms with Crippen molar-refractivity contribution in [1.82, 2.24) is 0 Å². The Hall–Kier alpha value is -0.770. The van der Waals surface area contributed by atoms with Gasteiger partial charge in [0, 0.05) is 18.9 Å². The van der Waals surface area contributed by atoms with E-state index in [4.69, 9.17) is 4.74 Å². The molecule has 1 saturated heterocycles. The molecule has 0 atom stereocenters. The molecule has 0 aromatic rings. The monoisotopic (exact) mass is 229 g/mol. The van der Waals surface area contributed by atoms with Gasteiger partial charge in [-0.3, -0.25) is 0 Å². The first-order valence-corrected chi connectivity index (χ1v) is 6.77. The van der Waals surface area contributed by atoms with Gasteiger partial charge >= 0.3 is 11.1 Å². The molecule has 3 nitrogen and oxygen atoms in total. The summed E-state index contributed by atoms with van der Waals surface area (Å²) >= 11 is 0. The Kier molecular flexibility index (Phi) is 4.88. The minimum absolute atomic E-state index is 0.0103. The van der Waals surface area contributed by atoms with Crippen molar-refractivity contribution in [3.05, 3.63) is 12.7 Å². The van der Waals surface area contributed by atoms with Crippen molar-refractivity contribution in [2.45, 2.75) is 32.3 Å². The predicted molar refractivity (Wildman–Crippen MR) is 61.7 cm³/mol. The van der Waals surface area contributed by atoms with Gasteiger partial charge in [0.2, 0.25) is 0 Å². The number of esters is 1. The lowest BCUT2D eigenvalue weighted by atomic mass is 10.2. The fraction of sp³-hybridized carbons (Fsp3) is 0.636. The molecule has 0 radical (unpaired) electrons. The minimum Gasteiger partial charge on any atom is -0.459 e. The molecule has 84 valence electrons. The molecule has 15 heavy (non-hydrogen) atoms. The standard InChI is InChI=1S/C11H17O3S/c1-3-10(12)14-9-5-7-15(8-6-9)11(13)4-2/h3,9H,1,4-8H2,2H3/q+1. The van der Waals surface area contributed by atoms with Gasteiger partial charge < -0.3 is 4.74 Å². The Labute approximate surface area is 93.2 Å². The Bertz CT molecular complexity index is 255. The van der Waals surface area contributed by atoms with E-state index in [1.165, 1.54) is 6.08 Å². The summed E-state index contributed by atoms with van der Waals surface area (Å²) in [6, 6.07) is 0. The van der Waals surface area contributed by atoms with Gasteiger partial charge in [-0.15, -0.1) is 0 Å². The molecule has 0 N–H and O–H groups in total. The quantitative estimate of drug-likeness (QED) is 0.418. The number of hydrogen-bond donors (Lipinski definition) is 0. The summed E-state index contributed by atoms with van der Waals surface area (Å²) < 4.78 is 5.14. The maximum absolute atomic E-state index is 11.4. The highest BCUT2D eigenvalue weighted by molar-refractivity contribution is 8.10. The first-order valence-electron chi connectivity index (χ1n) is 5.20. The van der Waals surface area contributed by atoms with Crippen LogP contribution in [-0.2, 0) is 25.2 Å². The Morgan fingerprint density at radius 2 is 2.07 bits per heavy atom. The van der Waals surface area contributed by atoms with Crippen molar-refractivity contribution in [3.63, 3.8) is 0 Å². The molecular formula is C11H17O3S+. The van der Waals surface area contributed by atoms with Crippen LogP contribution in [0.15, 0.2) is 12.7 Å². The second-order valence-electron chi connectivity index (χ2n) is 3.47. The molecule has 0 bridgehead atoms. The largest absolute Gasteiger partial charge is 0.459 e. The Morgan fingerprint density at radius 3 is 2.53 bits per heavy atom. The summed E-state index contributed by atoms with van der Waals surface area (Å²) in [5.41, 5.74) is 0. The molecule has 0 aliphatic carbocycles. The lowest BCUT2D eigenvalue weighted by Crippen LogP contribution is -2.34. The van der Waals surface area contributed by atoms with Crippen LogP contribution in [0.3, 0.4) is 0 Å². The summed E-state index contributed by atoms with van der Waals surface area (Å²) in [5.74, 6) is 1.40. The summed E-state index contributed by atoms with van der Waals surface area (Å²) in [5, 5.41) is 0.364. The molecule has 1 aliphatic heterocycles. The summed E-state index contributed by atoms with van der Waals surface area (Å²) in [4.78, 5) is 22.4. The molecule has 1 fully saturated rings. The van der Waals surface area contributed by atoms with E-state index in [1.54, 1.807) is 0 Å². The van der Waals surface area contributed by atoms with Gasteiger partial charge in [0.25, 0.3) is 0 Å². The van der Waals surface area contributed by atoms with Crippen LogP contribution >= 0.6 is 0 Å². The van der Waals surface area contributed by atoms with E-state index < -0.39 is 0 Å². The SMILES string of the molecule is C=CC(=O)OC1CC[S+](C(=O)CC)CC1. The lowest BCUT2D eigenvalue weighted by molar-refractivity contribution is -0.143. The highest BCUT2D eigenvalue weighted by Gasteiger charge is 2.34. The van der Waals surface area contributed by atoms with Crippen LogP contribution < -0.4 is 0 Å². The highest BCUT2D eigenvalue weighted by Crippen LogP contribution is 2.19. The van der Waals surface area contributed by atoms with E-state index >= 15 is 0 Å². The van der Waals surface area contributed by atoms with Crippen molar-refractivity contribution in [3.8, 4) is 0 Å². The second-order valence-corrected chi connectivity index (χ2v) is 5.72. The number of carbonyl (C=O) groups is 2. The number of rotatable bonds is 3. The lowest BCUT2D eigenvalue weighted by Gasteiger charge is -2.20. The van der Waals surface area contributed by atoms with Crippen LogP contribution in [0.2, 0.25) is 0 Å². The van der Waals surface area contributed by atoms with Crippen LogP contribution in [0.4, 0.5) is 0 Å². The first-order chi connectivity index (χ1) is 7.17. The first kappa shape index (κ1) is 12.3. The third-order valence-corrected chi connectivity index (χ3v) is 4.82. The van der Waals surface area contributed by atoms with Gasteiger partial charge in [-0.05, 0) is 0 Å². The van der Waals surface area contributed by atoms with Gasteiger partial charge in [-0.1, -0.05) is 13.5 Å². The number of carbonyl (C=O) groups excluding carboxylic acids is 2. The van der Waals surface area contributed by atoms with Crippen LogP contribution in [0.5, 0.6) is 0 Å². The molecule has 0 aromatic heterocycles. The zero-order valence-corrected chi connectivity index (χ0v) is 9.85. The third kappa shape index (κ3) is 3.70. The van der Waals surface area contributed by atoms with Crippen LogP contribution in [0.1, 0.15) is 26.2 Å². The van der Waals surface area contributed by atoms with Crippen molar-refractivity contribution in [2.24, 2.45) is 0 Å². The van der Waals surface area contributed by atoms with Crippen LogP contribution in [-0.4, -0.2) is 28.7 Å². The van der Waals surface area contributed by atoms with Crippen LogP contribution in [0, 0.1) is 0 Å². The Morgan fingerprint density at radius 1 is 1.47 bits per heavy atom. The zero-order valence-electron chi connectivity index (χ0n) is 9.03. The highest BCUT2D eigenvalue weighted by atomic mass is 32.2. The molecule has 0 amide bonds. The fourth-order valence-corrected chi connectivity index (χ4v) is 3.72. The average molecular weight is 229 g/mol. The van der Waals surface area contributed by atoms with E-state index in [-0.39, 0.29) is 23.0 Å². The molecular weight excluding hydrogens is 212 g/mol. The third-order valence-electron chi connectivity index (χ3n) is 2.43. The molecule has 1 aliphatic rings. The smallest absolute Gasteiger partial charge is 0.330 e. The van der Waals surface area contributed by atoms with Crippen LogP contribution in [0.25, 0.3) is 0 Å². The second kappa shape index (κ2) is 5.95. The minimum atomic E-state index is -0.358. The normalized spacial score (nSPS) is 25.7. The van der Waals surface area contributed by atoms with Crippen molar-refractivity contribution in [2.75, 3.05) is 11.5 Å².